The molecule has 2 heterocycles. The maximum absolute atomic E-state index is 6.33. The van der Waals surface area contributed by atoms with Gasteiger partial charge in [-0.05, 0) is 34.9 Å². The smallest absolute Gasteiger partial charge is 0.0934 e. The summed E-state index contributed by atoms with van der Waals surface area (Å²) < 4.78 is 2.06. The molecule has 0 amide bonds. The molecule has 0 aliphatic carbocycles. The van der Waals surface area contributed by atoms with E-state index in [1.165, 1.54) is 5.56 Å². The zero-order chi connectivity index (χ0) is 13.2. The van der Waals surface area contributed by atoms with Crippen molar-refractivity contribution in [3.63, 3.8) is 0 Å². The Balaban J connectivity index is 2.14. The van der Waals surface area contributed by atoms with Crippen molar-refractivity contribution >= 4 is 22.2 Å². The second-order valence-corrected chi connectivity index (χ2v) is 5.50. The van der Waals surface area contributed by atoms with Crippen LogP contribution in [0.1, 0.15) is 24.9 Å². The average molecular weight is 271 g/mol. The first-order chi connectivity index (χ1) is 9.31. The highest BCUT2D eigenvalue weighted by molar-refractivity contribution is 7.08. The number of benzene rings is 1. The molecule has 0 aliphatic rings. The van der Waals surface area contributed by atoms with Gasteiger partial charge in [-0.15, -0.1) is 0 Å². The first-order valence-electron chi connectivity index (χ1n) is 6.51. The van der Waals surface area contributed by atoms with Crippen molar-refractivity contribution in [3.05, 3.63) is 52.9 Å². The van der Waals surface area contributed by atoms with Crippen LogP contribution < -0.4 is 5.73 Å². The molecule has 1 aromatic carbocycles. The largest absolute Gasteiger partial charge is 0.326 e. The van der Waals surface area contributed by atoms with Gasteiger partial charge in [-0.2, -0.15) is 16.4 Å². The van der Waals surface area contributed by atoms with Crippen molar-refractivity contribution < 1.29 is 0 Å². The van der Waals surface area contributed by atoms with Crippen LogP contribution in [0.4, 0.5) is 0 Å². The van der Waals surface area contributed by atoms with E-state index in [4.69, 9.17) is 5.73 Å². The first kappa shape index (κ1) is 12.4. The third-order valence-corrected chi connectivity index (χ3v) is 4.23. The van der Waals surface area contributed by atoms with E-state index in [0.29, 0.717) is 0 Å². The van der Waals surface area contributed by atoms with Crippen molar-refractivity contribution in [2.24, 2.45) is 5.73 Å². The second-order valence-electron chi connectivity index (χ2n) is 4.72. The first-order valence-corrected chi connectivity index (χ1v) is 7.45. The molecule has 0 saturated carbocycles. The maximum Gasteiger partial charge on any atom is 0.0934 e. The lowest BCUT2D eigenvalue weighted by atomic mass is 10.0. The summed E-state index contributed by atoms with van der Waals surface area (Å²) in [4.78, 5) is 0. The van der Waals surface area contributed by atoms with Crippen molar-refractivity contribution in [3.8, 4) is 0 Å². The molecule has 98 valence electrons. The van der Waals surface area contributed by atoms with E-state index >= 15 is 0 Å². The molecular formula is C15H17N3S. The van der Waals surface area contributed by atoms with E-state index in [1.807, 2.05) is 18.3 Å². The average Bonchev–Trinajstić information content (AvgIpc) is 3.09. The summed E-state index contributed by atoms with van der Waals surface area (Å²) in [5, 5.41) is 9.98. The Bertz CT molecular complexity index is 657. The number of thiophene rings is 1. The number of hydrogen-bond acceptors (Lipinski definition) is 3. The summed E-state index contributed by atoms with van der Waals surface area (Å²) in [7, 11) is 0. The molecule has 0 bridgehead atoms. The van der Waals surface area contributed by atoms with Gasteiger partial charge in [0, 0.05) is 11.4 Å². The summed E-state index contributed by atoms with van der Waals surface area (Å²) in [6, 6.07) is 10.6. The molecular weight excluding hydrogens is 254 g/mol. The molecule has 0 saturated heterocycles. The van der Waals surface area contributed by atoms with Crippen LogP contribution in [0.3, 0.4) is 0 Å². The van der Waals surface area contributed by atoms with Gasteiger partial charge in [0.2, 0.25) is 0 Å². The summed E-state index contributed by atoms with van der Waals surface area (Å²) in [5.41, 5.74) is 8.72. The molecule has 3 nitrogen and oxygen atoms in total. The summed E-state index contributed by atoms with van der Waals surface area (Å²) in [6.45, 7) is 2.12. The molecule has 0 fully saturated rings. The van der Waals surface area contributed by atoms with Crippen molar-refractivity contribution in [2.45, 2.75) is 25.4 Å². The Hall–Kier alpha value is -1.65. The molecule has 2 aromatic heterocycles. The van der Waals surface area contributed by atoms with Crippen LogP contribution in [0.5, 0.6) is 0 Å². The third-order valence-electron chi connectivity index (χ3n) is 3.53. The van der Waals surface area contributed by atoms with E-state index < -0.39 is 0 Å². The topological polar surface area (TPSA) is 43.8 Å². The summed E-state index contributed by atoms with van der Waals surface area (Å²) in [6.07, 6.45) is 2.84. The summed E-state index contributed by atoms with van der Waals surface area (Å²) in [5.74, 6) is 0. The van der Waals surface area contributed by atoms with Crippen LogP contribution in [0, 0.1) is 0 Å². The molecule has 0 radical (unpaired) electrons. The Morgan fingerprint density at radius 3 is 2.89 bits per heavy atom. The molecule has 3 aromatic rings. The van der Waals surface area contributed by atoms with Crippen LogP contribution in [0.2, 0.25) is 0 Å². The number of hydrogen-bond donors (Lipinski definition) is 1. The van der Waals surface area contributed by atoms with Gasteiger partial charge < -0.3 is 5.73 Å². The minimum absolute atomic E-state index is 0.0675. The molecule has 4 heteroatoms. The standard InChI is InChI=1S/C15H17N3S/c1-2-13(16)15(12-7-8-19-10-12)18-14-6-4-3-5-11(14)9-17-18/h3-10,13,15H,2,16H2,1H3. The highest BCUT2D eigenvalue weighted by Gasteiger charge is 2.23. The van der Waals surface area contributed by atoms with Gasteiger partial charge in [0.15, 0.2) is 0 Å². The van der Waals surface area contributed by atoms with E-state index in [2.05, 4.69) is 45.7 Å². The number of para-hydroxylation sites is 1. The monoisotopic (exact) mass is 271 g/mol. The molecule has 2 N–H and O–H groups in total. The number of rotatable bonds is 4. The molecule has 0 aliphatic heterocycles. The van der Waals surface area contributed by atoms with E-state index in [0.717, 1.165) is 17.3 Å². The predicted octanol–water partition coefficient (Wildman–Crippen LogP) is 3.42. The lowest BCUT2D eigenvalue weighted by Crippen LogP contribution is -2.32. The third kappa shape index (κ3) is 2.17. The Kier molecular flexibility index (Phi) is 3.36. The minimum atomic E-state index is 0.0675. The fourth-order valence-corrected chi connectivity index (χ4v) is 3.14. The van der Waals surface area contributed by atoms with Crippen molar-refractivity contribution in [1.29, 1.82) is 0 Å². The lowest BCUT2D eigenvalue weighted by molar-refractivity contribution is 0.435. The van der Waals surface area contributed by atoms with E-state index in [-0.39, 0.29) is 12.1 Å². The highest BCUT2D eigenvalue weighted by Crippen LogP contribution is 2.28. The van der Waals surface area contributed by atoms with Gasteiger partial charge in [0.1, 0.15) is 0 Å². The van der Waals surface area contributed by atoms with Crippen molar-refractivity contribution in [1.82, 2.24) is 9.78 Å². The van der Waals surface area contributed by atoms with Gasteiger partial charge in [-0.1, -0.05) is 25.1 Å². The molecule has 2 unspecified atom stereocenters. The number of nitrogens with zero attached hydrogens (tertiary/aromatic N) is 2. The van der Waals surface area contributed by atoms with Gasteiger partial charge in [-0.3, -0.25) is 4.68 Å². The number of fused-ring (bicyclic) bond motifs is 1. The lowest BCUT2D eigenvalue weighted by Gasteiger charge is -2.23. The SMILES string of the molecule is CCC(N)C(c1ccsc1)n1ncc2ccccc21. The zero-order valence-electron chi connectivity index (χ0n) is 10.9. The van der Waals surface area contributed by atoms with E-state index in [1.54, 1.807) is 11.3 Å². The van der Waals surface area contributed by atoms with Crippen LogP contribution >= 0.6 is 11.3 Å². The Morgan fingerprint density at radius 2 is 2.16 bits per heavy atom. The van der Waals surface area contributed by atoms with E-state index in [9.17, 15) is 0 Å². The van der Waals surface area contributed by atoms with Gasteiger partial charge >= 0.3 is 0 Å². The van der Waals surface area contributed by atoms with Gasteiger partial charge in [0.05, 0.1) is 17.8 Å². The normalized spacial score (nSPS) is 14.6. The molecule has 3 rings (SSSR count). The Morgan fingerprint density at radius 1 is 1.32 bits per heavy atom. The number of aromatic nitrogens is 2. The molecule has 19 heavy (non-hydrogen) atoms. The highest BCUT2D eigenvalue weighted by atomic mass is 32.1. The summed E-state index contributed by atoms with van der Waals surface area (Å²) >= 11 is 1.70. The van der Waals surface area contributed by atoms with Crippen LogP contribution in [-0.2, 0) is 0 Å². The second kappa shape index (κ2) is 5.15. The minimum Gasteiger partial charge on any atom is -0.326 e. The predicted molar refractivity (Wildman–Crippen MR) is 80.5 cm³/mol. The van der Waals surface area contributed by atoms with Crippen LogP contribution in [0.25, 0.3) is 10.9 Å². The van der Waals surface area contributed by atoms with Gasteiger partial charge in [-0.25, -0.2) is 0 Å². The van der Waals surface area contributed by atoms with Crippen LogP contribution in [0.15, 0.2) is 47.3 Å². The zero-order valence-corrected chi connectivity index (χ0v) is 11.7. The fourth-order valence-electron chi connectivity index (χ4n) is 2.45. The number of nitrogens with two attached hydrogens (primary N) is 1. The van der Waals surface area contributed by atoms with Crippen LogP contribution in [-0.4, -0.2) is 15.8 Å². The molecule has 0 spiro atoms. The molecule has 2 atom stereocenters. The fraction of sp³-hybridized carbons (Fsp3) is 0.267. The Labute approximate surface area is 116 Å². The maximum atomic E-state index is 6.33. The van der Waals surface area contributed by atoms with Crippen molar-refractivity contribution in [2.75, 3.05) is 0 Å². The van der Waals surface area contributed by atoms with Gasteiger partial charge in [0.25, 0.3) is 0 Å². The quantitative estimate of drug-likeness (QED) is 0.790.